The number of aromatic nitrogens is 1. The molecular formula is C22H30N2O2. The first-order valence-corrected chi connectivity index (χ1v) is 9.75. The van der Waals surface area contributed by atoms with Gasteiger partial charge in [0.15, 0.2) is 11.5 Å². The highest BCUT2D eigenvalue weighted by molar-refractivity contribution is 5.43. The average Bonchev–Trinajstić information content (AvgIpc) is 2.70. The standard InChI is InChI=1S/C22H30N2O2/c1-3-7-18-10-11-21(22(16-18)25-2)26-15-14-24-13-5-4-9-20(24)19-8-6-12-23-17-19/h6,8,10-12,16-17,20H,3-5,7,9,13-15H2,1-2H3. The number of rotatable bonds is 8. The van der Waals surface area contributed by atoms with Crippen molar-refractivity contribution in [2.24, 2.45) is 0 Å². The van der Waals surface area contributed by atoms with Crippen molar-refractivity contribution >= 4 is 0 Å². The fraction of sp³-hybridized carbons (Fsp3) is 0.500. The zero-order valence-corrected chi connectivity index (χ0v) is 16.0. The Balaban J connectivity index is 1.59. The van der Waals surface area contributed by atoms with Gasteiger partial charge in [0.05, 0.1) is 7.11 Å². The molecule has 1 saturated heterocycles. The van der Waals surface area contributed by atoms with Gasteiger partial charge in [-0.2, -0.15) is 0 Å². The van der Waals surface area contributed by atoms with Crippen LogP contribution in [0.4, 0.5) is 0 Å². The van der Waals surface area contributed by atoms with E-state index in [0.717, 1.165) is 37.4 Å². The Morgan fingerprint density at radius 1 is 1.19 bits per heavy atom. The van der Waals surface area contributed by atoms with Gasteiger partial charge in [-0.1, -0.05) is 31.9 Å². The van der Waals surface area contributed by atoms with Crippen molar-refractivity contribution in [2.75, 3.05) is 26.8 Å². The molecule has 0 spiro atoms. The lowest BCUT2D eigenvalue weighted by molar-refractivity contribution is 0.122. The first kappa shape index (κ1) is 18.7. The van der Waals surface area contributed by atoms with Gasteiger partial charge in [-0.3, -0.25) is 9.88 Å². The maximum atomic E-state index is 6.07. The first-order chi connectivity index (χ1) is 12.8. The molecule has 1 atom stereocenters. The van der Waals surface area contributed by atoms with Crippen LogP contribution in [0, 0.1) is 0 Å². The van der Waals surface area contributed by atoms with Gasteiger partial charge in [0.2, 0.25) is 0 Å². The van der Waals surface area contributed by atoms with Crippen LogP contribution in [0.5, 0.6) is 11.5 Å². The summed E-state index contributed by atoms with van der Waals surface area (Å²) in [5.41, 5.74) is 2.61. The zero-order valence-electron chi connectivity index (χ0n) is 16.0. The minimum Gasteiger partial charge on any atom is -0.493 e. The number of methoxy groups -OCH3 is 1. The van der Waals surface area contributed by atoms with E-state index in [4.69, 9.17) is 9.47 Å². The third-order valence-electron chi connectivity index (χ3n) is 5.09. The summed E-state index contributed by atoms with van der Waals surface area (Å²) < 4.78 is 11.6. The molecule has 1 aliphatic heterocycles. The van der Waals surface area contributed by atoms with E-state index >= 15 is 0 Å². The SMILES string of the molecule is CCCc1ccc(OCCN2CCCCC2c2cccnc2)c(OC)c1. The monoisotopic (exact) mass is 354 g/mol. The number of pyridine rings is 1. The Morgan fingerprint density at radius 2 is 2.12 bits per heavy atom. The van der Waals surface area contributed by atoms with Crippen molar-refractivity contribution in [2.45, 2.75) is 45.1 Å². The lowest BCUT2D eigenvalue weighted by atomic mass is 9.96. The molecule has 1 aromatic carbocycles. The highest BCUT2D eigenvalue weighted by Gasteiger charge is 2.23. The average molecular weight is 354 g/mol. The lowest BCUT2D eigenvalue weighted by Gasteiger charge is -2.35. The van der Waals surface area contributed by atoms with Gasteiger partial charge < -0.3 is 9.47 Å². The van der Waals surface area contributed by atoms with Crippen LogP contribution in [-0.4, -0.2) is 36.7 Å². The summed E-state index contributed by atoms with van der Waals surface area (Å²) in [7, 11) is 1.71. The Morgan fingerprint density at radius 3 is 2.88 bits per heavy atom. The van der Waals surface area contributed by atoms with E-state index in [1.807, 2.05) is 24.5 Å². The highest BCUT2D eigenvalue weighted by atomic mass is 16.5. The molecule has 0 N–H and O–H groups in total. The van der Waals surface area contributed by atoms with Crippen molar-refractivity contribution in [3.63, 3.8) is 0 Å². The lowest BCUT2D eigenvalue weighted by Crippen LogP contribution is -2.36. The van der Waals surface area contributed by atoms with E-state index in [1.165, 1.54) is 30.4 Å². The van der Waals surface area contributed by atoms with Crippen LogP contribution < -0.4 is 9.47 Å². The minimum absolute atomic E-state index is 0.454. The van der Waals surface area contributed by atoms with E-state index in [0.29, 0.717) is 12.6 Å². The zero-order chi connectivity index (χ0) is 18.2. The van der Waals surface area contributed by atoms with Crippen molar-refractivity contribution in [1.82, 2.24) is 9.88 Å². The molecule has 2 heterocycles. The van der Waals surface area contributed by atoms with Gasteiger partial charge >= 0.3 is 0 Å². The fourth-order valence-corrected chi connectivity index (χ4v) is 3.76. The van der Waals surface area contributed by atoms with E-state index in [2.05, 4.69) is 35.0 Å². The summed E-state index contributed by atoms with van der Waals surface area (Å²) in [5, 5.41) is 0. The van der Waals surface area contributed by atoms with Gasteiger partial charge in [0.1, 0.15) is 6.61 Å². The molecule has 140 valence electrons. The second kappa shape index (κ2) is 9.58. The largest absolute Gasteiger partial charge is 0.493 e. The molecule has 26 heavy (non-hydrogen) atoms. The number of aryl methyl sites for hydroxylation is 1. The maximum absolute atomic E-state index is 6.07. The predicted molar refractivity (Wildman–Crippen MR) is 105 cm³/mol. The van der Waals surface area contributed by atoms with Crippen LogP contribution in [0.1, 0.15) is 49.8 Å². The summed E-state index contributed by atoms with van der Waals surface area (Å²) in [6.45, 7) is 4.89. The first-order valence-electron chi connectivity index (χ1n) is 9.75. The van der Waals surface area contributed by atoms with E-state index in [-0.39, 0.29) is 0 Å². The molecule has 0 saturated carbocycles. The van der Waals surface area contributed by atoms with Gasteiger partial charge in [0, 0.05) is 25.0 Å². The number of hydrogen-bond acceptors (Lipinski definition) is 4. The molecule has 0 bridgehead atoms. The summed E-state index contributed by atoms with van der Waals surface area (Å²) in [4.78, 5) is 6.82. The molecular weight excluding hydrogens is 324 g/mol. The molecule has 1 aromatic heterocycles. The number of benzene rings is 1. The van der Waals surface area contributed by atoms with Gasteiger partial charge in [-0.25, -0.2) is 0 Å². The van der Waals surface area contributed by atoms with Crippen LogP contribution >= 0.6 is 0 Å². The maximum Gasteiger partial charge on any atom is 0.161 e. The molecule has 2 aromatic rings. The van der Waals surface area contributed by atoms with Crippen LogP contribution in [0.3, 0.4) is 0 Å². The smallest absolute Gasteiger partial charge is 0.161 e. The van der Waals surface area contributed by atoms with Crippen LogP contribution in [-0.2, 0) is 6.42 Å². The second-order valence-corrected chi connectivity index (χ2v) is 6.92. The molecule has 4 heteroatoms. The van der Waals surface area contributed by atoms with E-state index in [1.54, 1.807) is 7.11 Å². The summed E-state index contributed by atoms with van der Waals surface area (Å²) in [6.07, 6.45) is 9.77. The Bertz CT molecular complexity index is 675. The molecule has 1 aliphatic rings. The fourth-order valence-electron chi connectivity index (χ4n) is 3.76. The Labute approximate surface area is 157 Å². The molecule has 0 aliphatic carbocycles. The van der Waals surface area contributed by atoms with Gasteiger partial charge in [0.25, 0.3) is 0 Å². The third-order valence-corrected chi connectivity index (χ3v) is 5.09. The topological polar surface area (TPSA) is 34.6 Å². The van der Waals surface area contributed by atoms with Gasteiger partial charge in [-0.05, 0) is 55.1 Å². The van der Waals surface area contributed by atoms with E-state index in [9.17, 15) is 0 Å². The number of likely N-dealkylation sites (tertiary alicyclic amines) is 1. The van der Waals surface area contributed by atoms with Crippen molar-refractivity contribution in [3.05, 3.63) is 53.9 Å². The molecule has 0 amide bonds. The predicted octanol–water partition coefficient (Wildman–Crippen LogP) is 4.65. The second-order valence-electron chi connectivity index (χ2n) is 6.92. The summed E-state index contributed by atoms with van der Waals surface area (Å²) >= 11 is 0. The Hall–Kier alpha value is -2.07. The molecule has 0 radical (unpaired) electrons. The van der Waals surface area contributed by atoms with Gasteiger partial charge in [-0.15, -0.1) is 0 Å². The Kier molecular flexibility index (Phi) is 6.89. The quantitative estimate of drug-likeness (QED) is 0.691. The summed E-state index contributed by atoms with van der Waals surface area (Å²) in [5.74, 6) is 1.67. The van der Waals surface area contributed by atoms with Crippen LogP contribution in [0.25, 0.3) is 0 Å². The summed E-state index contributed by atoms with van der Waals surface area (Å²) in [6, 6.07) is 10.9. The molecule has 4 nitrogen and oxygen atoms in total. The number of ether oxygens (including phenoxy) is 2. The van der Waals surface area contributed by atoms with Crippen molar-refractivity contribution < 1.29 is 9.47 Å². The molecule has 1 unspecified atom stereocenters. The normalized spacial score (nSPS) is 17.8. The van der Waals surface area contributed by atoms with Crippen LogP contribution in [0.15, 0.2) is 42.7 Å². The minimum atomic E-state index is 0.454. The number of piperidine rings is 1. The highest BCUT2D eigenvalue weighted by Crippen LogP contribution is 2.31. The number of nitrogens with zero attached hydrogens (tertiary/aromatic N) is 2. The van der Waals surface area contributed by atoms with E-state index < -0.39 is 0 Å². The molecule has 3 rings (SSSR count). The van der Waals surface area contributed by atoms with Crippen molar-refractivity contribution in [3.8, 4) is 11.5 Å². The molecule has 1 fully saturated rings. The third kappa shape index (κ3) is 4.76. The van der Waals surface area contributed by atoms with Crippen LogP contribution in [0.2, 0.25) is 0 Å². The van der Waals surface area contributed by atoms with Crippen molar-refractivity contribution in [1.29, 1.82) is 0 Å². The number of hydrogen-bond donors (Lipinski definition) is 0.